The molecule has 1 aromatic rings. The van der Waals surface area contributed by atoms with E-state index in [0.29, 0.717) is 6.42 Å². The van der Waals surface area contributed by atoms with Gasteiger partial charge in [0.25, 0.3) is 0 Å². The molecule has 1 N–H and O–H groups in total. The van der Waals surface area contributed by atoms with E-state index >= 15 is 0 Å². The molecule has 0 aliphatic rings. The first-order valence-electron chi connectivity index (χ1n) is 5.10. The van der Waals surface area contributed by atoms with Crippen LogP contribution in [0.15, 0.2) is 30.3 Å². The van der Waals surface area contributed by atoms with Gasteiger partial charge in [-0.05, 0) is 18.6 Å². The number of aliphatic hydroxyl groups is 1. The van der Waals surface area contributed by atoms with E-state index in [2.05, 4.69) is 0 Å². The highest BCUT2D eigenvalue weighted by Gasteiger charge is 2.17. The van der Waals surface area contributed by atoms with Crippen LogP contribution in [0.4, 0.5) is 5.69 Å². The summed E-state index contributed by atoms with van der Waals surface area (Å²) >= 11 is 0. The van der Waals surface area contributed by atoms with Gasteiger partial charge in [0.2, 0.25) is 5.91 Å². The van der Waals surface area contributed by atoms with Crippen LogP contribution in [0, 0.1) is 5.92 Å². The minimum absolute atomic E-state index is 0.0373. The standard InChI is InChI=1S/C12H17NO2/c1-10(8-9-14)12(15)13(2)11-6-4-3-5-7-11/h3-7,10,14H,8-9H2,1-2H3. The molecule has 1 amide bonds. The lowest BCUT2D eigenvalue weighted by Gasteiger charge is -2.20. The molecular formula is C12H17NO2. The maximum absolute atomic E-state index is 11.8. The monoisotopic (exact) mass is 207 g/mol. The molecule has 15 heavy (non-hydrogen) atoms. The molecule has 0 aliphatic carbocycles. The van der Waals surface area contributed by atoms with Gasteiger partial charge in [-0.1, -0.05) is 25.1 Å². The van der Waals surface area contributed by atoms with E-state index in [1.54, 1.807) is 11.9 Å². The molecule has 0 aromatic heterocycles. The third-order valence-electron chi connectivity index (χ3n) is 2.46. The van der Waals surface area contributed by atoms with Gasteiger partial charge >= 0.3 is 0 Å². The fourth-order valence-corrected chi connectivity index (χ4v) is 1.43. The van der Waals surface area contributed by atoms with E-state index in [4.69, 9.17) is 5.11 Å². The van der Waals surface area contributed by atoms with Crippen LogP contribution >= 0.6 is 0 Å². The van der Waals surface area contributed by atoms with Gasteiger partial charge in [0, 0.05) is 25.3 Å². The first-order valence-corrected chi connectivity index (χ1v) is 5.10. The van der Waals surface area contributed by atoms with Crippen molar-refractivity contribution in [3.8, 4) is 0 Å². The average Bonchev–Trinajstić information content (AvgIpc) is 2.28. The summed E-state index contributed by atoms with van der Waals surface area (Å²) < 4.78 is 0. The number of nitrogens with zero attached hydrogens (tertiary/aromatic N) is 1. The highest BCUT2D eigenvalue weighted by molar-refractivity contribution is 5.94. The normalized spacial score (nSPS) is 12.2. The van der Waals surface area contributed by atoms with Gasteiger partial charge in [0.15, 0.2) is 0 Å². The lowest BCUT2D eigenvalue weighted by Crippen LogP contribution is -2.31. The maximum Gasteiger partial charge on any atom is 0.229 e. The van der Waals surface area contributed by atoms with Crippen molar-refractivity contribution in [3.05, 3.63) is 30.3 Å². The van der Waals surface area contributed by atoms with Crippen molar-refractivity contribution < 1.29 is 9.90 Å². The summed E-state index contributed by atoms with van der Waals surface area (Å²) in [6, 6.07) is 9.50. The van der Waals surface area contributed by atoms with E-state index in [1.165, 1.54) is 0 Å². The lowest BCUT2D eigenvalue weighted by atomic mass is 10.1. The third-order valence-corrected chi connectivity index (χ3v) is 2.46. The van der Waals surface area contributed by atoms with Crippen LogP contribution in [-0.4, -0.2) is 24.7 Å². The summed E-state index contributed by atoms with van der Waals surface area (Å²) in [6.07, 6.45) is 0.510. The summed E-state index contributed by atoms with van der Waals surface area (Å²) in [5.41, 5.74) is 0.882. The lowest BCUT2D eigenvalue weighted by molar-refractivity contribution is -0.122. The molecule has 1 atom stereocenters. The summed E-state index contributed by atoms with van der Waals surface area (Å²) in [6.45, 7) is 1.88. The fourth-order valence-electron chi connectivity index (χ4n) is 1.43. The number of para-hydroxylation sites is 1. The number of benzene rings is 1. The van der Waals surface area contributed by atoms with Gasteiger partial charge in [0.1, 0.15) is 0 Å². The largest absolute Gasteiger partial charge is 0.396 e. The molecule has 3 heteroatoms. The molecule has 0 heterocycles. The molecular weight excluding hydrogens is 190 g/mol. The Labute approximate surface area is 90.3 Å². The number of amides is 1. The molecule has 1 aromatic carbocycles. The summed E-state index contributed by atoms with van der Waals surface area (Å²) in [4.78, 5) is 13.5. The molecule has 1 rings (SSSR count). The van der Waals surface area contributed by atoms with Gasteiger partial charge in [-0.15, -0.1) is 0 Å². The predicted molar refractivity (Wildman–Crippen MR) is 60.7 cm³/mol. The van der Waals surface area contributed by atoms with Crippen LogP contribution in [0.3, 0.4) is 0 Å². The Balaban J connectivity index is 2.69. The topological polar surface area (TPSA) is 40.5 Å². The molecule has 0 saturated heterocycles. The summed E-state index contributed by atoms with van der Waals surface area (Å²) in [5, 5.41) is 8.77. The first-order chi connectivity index (χ1) is 7.16. The minimum Gasteiger partial charge on any atom is -0.396 e. The number of carbonyl (C=O) groups is 1. The van der Waals surface area contributed by atoms with Crippen LogP contribution in [0.1, 0.15) is 13.3 Å². The number of carbonyl (C=O) groups excluding carboxylic acids is 1. The van der Waals surface area contributed by atoms with Crippen molar-refractivity contribution in [2.75, 3.05) is 18.6 Å². The van der Waals surface area contributed by atoms with E-state index in [9.17, 15) is 4.79 Å². The molecule has 0 saturated carbocycles. The molecule has 0 fully saturated rings. The Morgan fingerprint density at radius 2 is 2.00 bits per heavy atom. The minimum atomic E-state index is -0.139. The van der Waals surface area contributed by atoms with E-state index in [1.807, 2.05) is 37.3 Å². The van der Waals surface area contributed by atoms with Crippen molar-refractivity contribution in [2.24, 2.45) is 5.92 Å². The van der Waals surface area contributed by atoms with Crippen molar-refractivity contribution in [2.45, 2.75) is 13.3 Å². The average molecular weight is 207 g/mol. The Kier molecular flexibility index (Phi) is 4.31. The Hall–Kier alpha value is -1.35. The Morgan fingerprint density at radius 3 is 2.53 bits per heavy atom. The molecule has 0 radical (unpaired) electrons. The Bertz CT molecular complexity index is 311. The smallest absolute Gasteiger partial charge is 0.229 e. The molecule has 3 nitrogen and oxygen atoms in total. The van der Waals surface area contributed by atoms with Crippen molar-refractivity contribution in [1.82, 2.24) is 0 Å². The number of hydrogen-bond acceptors (Lipinski definition) is 2. The van der Waals surface area contributed by atoms with Gasteiger partial charge in [-0.3, -0.25) is 4.79 Å². The summed E-state index contributed by atoms with van der Waals surface area (Å²) in [5.74, 6) is -0.101. The van der Waals surface area contributed by atoms with E-state index in [0.717, 1.165) is 5.69 Å². The van der Waals surface area contributed by atoms with Crippen molar-refractivity contribution >= 4 is 11.6 Å². The van der Waals surface area contributed by atoms with Crippen LogP contribution in [0.5, 0.6) is 0 Å². The van der Waals surface area contributed by atoms with E-state index in [-0.39, 0.29) is 18.4 Å². The number of anilines is 1. The second-order valence-corrected chi connectivity index (χ2v) is 3.65. The zero-order valence-electron chi connectivity index (χ0n) is 9.18. The van der Waals surface area contributed by atoms with Crippen molar-refractivity contribution in [3.63, 3.8) is 0 Å². The van der Waals surface area contributed by atoms with Crippen LogP contribution in [0.2, 0.25) is 0 Å². The zero-order chi connectivity index (χ0) is 11.3. The quantitative estimate of drug-likeness (QED) is 0.815. The number of rotatable bonds is 4. The SMILES string of the molecule is CC(CCO)C(=O)N(C)c1ccccc1. The van der Waals surface area contributed by atoms with E-state index < -0.39 is 0 Å². The Morgan fingerprint density at radius 1 is 1.40 bits per heavy atom. The molecule has 82 valence electrons. The van der Waals surface area contributed by atoms with Crippen LogP contribution in [0.25, 0.3) is 0 Å². The number of aliphatic hydroxyl groups excluding tert-OH is 1. The van der Waals surface area contributed by atoms with Crippen molar-refractivity contribution in [1.29, 1.82) is 0 Å². The second-order valence-electron chi connectivity index (χ2n) is 3.65. The third kappa shape index (κ3) is 3.06. The second kappa shape index (κ2) is 5.51. The highest BCUT2D eigenvalue weighted by Crippen LogP contribution is 2.15. The zero-order valence-corrected chi connectivity index (χ0v) is 9.18. The molecule has 1 unspecified atom stereocenters. The summed E-state index contributed by atoms with van der Waals surface area (Å²) in [7, 11) is 1.76. The molecule has 0 aliphatic heterocycles. The maximum atomic E-state index is 11.8. The van der Waals surface area contributed by atoms with Gasteiger partial charge < -0.3 is 10.0 Å². The predicted octanol–water partition coefficient (Wildman–Crippen LogP) is 1.67. The van der Waals surface area contributed by atoms with Crippen LogP contribution in [-0.2, 0) is 4.79 Å². The fraction of sp³-hybridized carbons (Fsp3) is 0.417. The number of hydrogen-bond donors (Lipinski definition) is 1. The molecule has 0 bridgehead atoms. The van der Waals surface area contributed by atoms with Gasteiger partial charge in [0.05, 0.1) is 0 Å². The van der Waals surface area contributed by atoms with Gasteiger partial charge in [-0.2, -0.15) is 0 Å². The highest BCUT2D eigenvalue weighted by atomic mass is 16.3. The first kappa shape index (κ1) is 11.7. The molecule has 0 spiro atoms. The van der Waals surface area contributed by atoms with Crippen LogP contribution < -0.4 is 4.90 Å². The van der Waals surface area contributed by atoms with Gasteiger partial charge in [-0.25, -0.2) is 0 Å².